The van der Waals surface area contributed by atoms with Crippen LogP contribution in [-0.4, -0.2) is 13.1 Å². The van der Waals surface area contributed by atoms with Gasteiger partial charge in [0.1, 0.15) is 5.75 Å². The smallest absolute Gasteiger partial charge is 0.315 e. The Labute approximate surface area is 175 Å². The maximum absolute atomic E-state index is 14.0. The summed E-state index contributed by atoms with van der Waals surface area (Å²) >= 11 is 0. The van der Waals surface area contributed by atoms with E-state index in [-0.39, 0.29) is 12.8 Å². The van der Waals surface area contributed by atoms with Gasteiger partial charge < -0.3 is 9.47 Å². The summed E-state index contributed by atoms with van der Waals surface area (Å²) in [5, 5.41) is 0. The minimum atomic E-state index is -2.33. The zero-order valence-electron chi connectivity index (χ0n) is 16.3. The summed E-state index contributed by atoms with van der Waals surface area (Å²) in [6.45, 7) is 0. The Morgan fingerprint density at radius 2 is 1.23 bits per heavy atom. The lowest BCUT2D eigenvalue weighted by molar-refractivity contribution is -0.139. The van der Waals surface area contributed by atoms with E-state index in [0.29, 0.717) is 11.3 Å². The largest absolute Gasteiger partial charge is 0.497 e. The fraction of sp³-hybridized carbons (Fsp3) is 0.174. The van der Waals surface area contributed by atoms with Crippen molar-refractivity contribution in [2.45, 2.75) is 12.8 Å². The molecule has 0 saturated carbocycles. The molecule has 0 aromatic heterocycles. The van der Waals surface area contributed by atoms with Gasteiger partial charge in [-0.15, -0.1) is 0 Å². The summed E-state index contributed by atoms with van der Waals surface area (Å²) < 4.78 is 77.8. The lowest BCUT2D eigenvalue weighted by Gasteiger charge is -2.17. The van der Waals surface area contributed by atoms with E-state index in [1.54, 1.807) is 54.6 Å². The zero-order valence-corrected chi connectivity index (χ0v) is 16.3. The molecular weight excluding hydrogens is 419 g/mol. The van der Waals surface area contributed by atoms with Crippen LogP contribution in [0.1, 0.15) is 11.1 Å². The molecule has 1 atom stereocenters. The van der Waals surface area contributed by atoms with E-state index in [1.165, 1.54) is 7.11 Å². The molecule has 3 aromatic rings. The van der Waals surface area contributed by atoms with Crippen LogP contribution in [0.3, 0.4) is 0 Å². The number of benzene rings is 3. The number of esters is 1. The Morgan fingerprint density at radius 1 is 0.742 bits per heavy atom. The van der Waals surface area contributed by atoms with Gasteiger partial charge in [0.05, 0.1) is 13.0 Å². The van der Waals surface area contributed by atoms with Crippen LogP contribution in [0.4, 0.5) is 22.0 Å². The van der Waals surface area contributed by atoms with E-state index in [1.807, 2.05) is 0 Å². The molecular formula is C23H17F5O3. The highest BCUT2D eigenvalue weighted by Gasteiger charge is 2.31. The predicted molar refractivity (Wildman–Crippen MR) is 102 cm³/mol. The summed E-state index contributed by atoms with van der Waals surface area (Å²) in [7, 11) is 1.49. The highest BCUT2D eigenvalue weighted by Crippen LogP contribution is 2.30. The molecule has 0 aliphatic heterocycles. The van der Waals surface area contributed by atoms with Crippen molar-refractivity contribution < 1.29 is 36.2 Å². The quantitative estimate of drug-likeness (QED) is 0.164. The minimum absolute atomic E-state index is 0.104. The third kappa shape index (κ3) is 5.02. The number of hydrogen-bond acceptors (Lipinski definition) is 3. The first-order chi connectivity index (χ1) is 14.8. The molecule has 0 N–H and O–H groups in total. The topological polar surface area (TPSA) is 35.5 Å². The summed E-state index contributed by atoms with van der Waals surface area (Å²) in [6.07, 6.45) is 0.230. The second-order valence-corrected chi connectivity index (χ2v) is 6.76. The minimum Gasteiger partial charge on any atom is -0.497 e. The molecule has 0 amide bonds. The van der Waals surface area contributed by atoms with E-state index >= 15 is 0 Å². The van der Waals surface area contributed by atoms with Crippen molar-refractivity contribution >= 4 is 5.97 Å². The van der Waals surface area contributed by atoms with Crippen LogP contribution < -0.4 is 9.47 Å². The van der Waals surface area contributed by atoms with Crippen molar-refractivity contribution in [3.63, 3.8) is 0 Å². The van der Waals surface area contributed by atoms with Gasteiger partial charge >= 0.3 is 5.97 Å². The van der Waals surface area contributed by atoms with E-state index in [2.05, 4.69) is 4.74 Å². The van der Waals surface area contributed by atoms with Crippen LogP contribution in [-0.2, 0) is 17.6 Å². The van der Waals surface area contributed by atoms with Crippen molar-refractivity contribution in [1.29, 1.82) is 0 Å². The maximum atomic E-state index is 14.0. The van der Waals surface area contributed by atoms with E-state index < -0.39 is 46.7 Å². The molecule has 31 heavy (non-hydrogen) atoms. The van der Waals surface area contributed by atoms with Crippen LogP contribution >= 0.6 is 0 Å². The number of rotatable bonds is 7. The number of hydrogen-bond donors (Lipinski definition) is 0. The lowest BCUT2D eigenvalue weighted by Crippen LogP contribution is -2.26. The van der Waals surface area contributed by atoms with E-state index in [4.69, 9.17) is 4.74 Å². The number of ether oxygens (including phenoxy) is 2. The molecule has 0 radical (unpaired) electrons. The first kappa shape index (κ1) is 22.3. The van der Waals surface area contributed by atoms with Crippen molar-refractivity contribution in [1.82, 2.24) is 0 Å². The van der Waals surface area contributed by atoms with Crippen LogP contribution in [0.15, 0.2) is 54.6 Å². The average molecular weight is 436 g/mol. The molecule has 0 bridgehead atoms. The Bertz CT molecular complexity index is 1040. The SMILES string of the molecule is COc1ccc(CC(Cc2ccccc2)C(=O)Oc2c(F)c(F)c(F)c(F)c2F)cc1. The Morgan fingerprint density at radius 3 is 1.74 bits per heavy atom. The third-order valence-electron chi connectivity index (χ3n) is 4.67. The molecule has 8 heteroatoms. The number of carbonyl (C=O) groups excluding carboxylic acids is 1. The van der Waals surface area contributed by atoms with Crippen LogP contribution in [0.2, 0.25) is 0 Å². The second-order valence-electron chi connectivity index (χ2n) is 6.76. The van der Waals surface area contributed by atoms with Gasteiger partial charge in [-0.05, 0) is 36.1 Å². The van der Waals surface area contributed by atoms with Gasteiger partial charge in [0, 0.05) is 0 Å². The zero-order chi connectivity index (χ0) is 22.5. The van der Waals surface area contributed by atoms with E-state index in [0.717, 1.165) is 5.56 Å². The molecule has 0 aliphatic rings. The second kappa shape index (κ2) is 9.59. The lowest BCUT2D eigenvalue weighted by atomic mass is 9.92. The number of halogens is 5. The Hall–Kier alpha value is -3.42. The molecule has 3 aromatic carbocycles. The van der Waals surface area contributed by atoms with Crippen molar-refractivity contribution in [3.05, 3.63) is 94.8 Å². The molecule has 0 aliphatic carbocycles. The summed E-state index contributed by atoms with van der Waals surface area (Å²) in [4.78, 5) is 12.7. The summed E-state index contributed by atoms with van der Waals surface area (Å²) in [5.74, 6) is -14.2. The molecule has 1 unspecified atom stereocenters. The molecule has 0 saturated heterocycles. The normalized spacial score (nSPS) is 11.8. The first-order valence-electron chi connectivity index (χ1n) is 9.21. The summed E-state index contributed by atoms with van der Waals surface area (Å²) in [5.41, 5.74) is 1.42. The van der Waals surface area contributed by atoms with Crippen molar-refractivity contribution in [2.75, 3.05) is 7.11 Å². The monoisotopic (exact) mass is 436 g/mol. The average Bonchev–Trinajstić information content (AvgIpc) is 2.80. The van der Waals surface area contributed by atoms with Gasteiger partial charge in [-0.1, -0.05) is 42.5 Å². The van der Waals surface area contributed by atoms with Crippen molar-refractivity contribution in [2.24, 2.45) is 5.92 Å². The highest BCUT2D eigenvalue weighted by molar-refractivity contribution is 5.76. The highest BCUT2D eigenvalue weighted by atomic mass is 19.2. The molecule has 3 nitrogen and oxygen atoms in total. The van der Waals surface area contributed by atoms with Gasteiger partial charge in [-0.3, -0.25) is 4.79 Å². The standard InChI is InChI=1S/C23H17F5O3/c1-30-16-9-7-14(8-10-16)12-15(11-13-5-3-2-4-6-13)23(29)31-22-20(27)18(25)17(24)19(26)21(22)28/h2-10,15H,11-12H2,1H3. The molecule has 0 heterocycles. The maximum Gasteiger partial charge on any atom is 0.315 e. The molecule has 3 rings (SSSR count). The molecule has 162 valence electrons. The fourth-order valence-corrected chi connectivity index (χ4v) is 3.04. The van der Waals surface area contributed by atoms with Gasteiger partial charge in [-0.25, -0.2) is 13.2 Å². The van der Waals surface area contributed by atoms with Gasteiger partial charge in [0.2, 0.25) is 34.8 Å². The van der Waals surface area contributed by atoms with Crippen molar-refractivity contribution in [3.8, 4) is 11.5 Å². The Kier molecular flexibility index (Phi) is 6.89. The number of carbonyl (C=O) groups is 1. The van der Waals surface area contributed by atoms with Crippen LogP contribution in [0.5, 0.6) is 11.5 Å². The predicted octanol–water partition coefficient (Wildman–Crippen LogP) is 5.40. The van der Waals surface area contributed by atoms with E-state index in [9.17, 15) is 26.7 Å². The van der Waals surface area contributed by atoms with Gasteiger partial charge in [0.15, 0.2) is 0 Å². The van der Waals surface area contributed by atoms with Crippen LogP contribution in [0, 0.1) is 35.0 Å². The first-order valence-corrected chi connectivity index (χ1v) is 9.21. The molecule has 0 fully saturated rings. The van der Waals surface area contributed by atoms with Gasteiger partial charge in [0.25, 0.3) is 0 Å². The number of methoxy groups -OCH3 is 1. The Balaban J connectivity index is 1.90. The third-order valence-corrected chi connectivity index (χ3v) is 4.67. The fourth-order valence-electron chi connectivity index (χ4n) is 3.04. The summed E-state index contributed by atoms with van der Waals surface area (Å²) in [6, 6.07) is 15.5. The van der Waals surface area contributed by atoms with Gasteiger partial charge in [-0.2, -0.15) is 8.78 Å². The van der Waals surface area contributed by atoms with Crippen LogP contribution in [0.25, 0.3) is 0 Å². The molecule has 0 spiro atoms.